The molecule has 0 radical (unpaired) electrons. The Labute approximate surface area is 159 Å². The van der Waals surface area contributed by atoms with Crippen LogP contribution in [0.4, 0.5) is 8.78 Å². The third-order valence-corrected chi connectivity index (χ3v) is 4.71. The van der Waals surface area contributed by atoms with Gasteiger partial charge in [-0.05, 0) is 27.7 Å². The molecule has 0 unspecified atom stereocenters. The third-order valence-electron chi connectivity index (χ3n) is 3.94. The van der Waals surface area contributed by atoms with Gasteiger partial charge >= 0.3 is 11.9 Å². The number of nitrogens with zero attached hydrogens (tertiary/aromatic N) is 2. The minimum atomic E-state index is -2.92. The number of aryl methyl sites for hydroxylation is 1. The van der Waals surface area contributed by atoms with Gasteiger partial charge in [0.25, 0.3) is 0 Å². The van der Waals surface area contributed by atoms with Gasteiger partial charge in [0.15, 0.2) is 0 Å². The molecule has 7 nitrogen and oxygen atoms in total. The van der Waals surface area contributed by atoms with Crippen molar-refractivity contribution < 1.29 is 33.1 Å². The lowest BCUT2D eigenvalue weighted by Gasteiger charge is -2.37. The van der Waals surface area contributed by atoms with E-state index in [-0.39, 0.29) is 18.5 Å². The molecule has 1 saturated carbocycles. The van der Waals surface area contributed by atoms with E-state index in [4.69, 9.17) is 9.57 Å². The first-order valence-corrected chi connectivity index (χ1v) is 9.25. The van der Waals surface area contributed by atoms with Crippen LogP contribution in [-0.2, 0) is 19.2 Å². The fourth-order valence-electron chi connectivity index (χ4n) is 2.52. The van der Waals surface area contributed by atoms with E-state index in [1.54, 1.807) is 27.7 Å². The SMILES string of the molecule is Cc1nc(/C(=N/OC2(C(=O)OC(C)(C)C)CCC(F)(F)CC2)C(=O)O)cs1. The van der Waals surface area contributed by atoms with Crippen LogP contribution in [0.1, 0.15) is 57.2 Å². The molecule has 0 atom stereocenters. The maximum absolute atomic E-state index is 13.6. The summed E-state index contributed by atoms with van der Waals surface area (Å²) in [5.74, 6) is -5.16. The first-order valence-electron chi connectivity index (χ1n) is 8.37. The second kappa shape index (κ2) is 7.49. The maximum Gasteiger partial charge on any atom is 0.360 e. The van der Waals surface area contributed by atoms with Crippen molar-refractivity contribution >= 4 is 29.0 Å². The van der Waals surface area contributed by atoms with E-state index in [0.717, 1.165) is 0 Å². The summed E-state index contributed by atoms with van der Waals surface area (Å²) in [6.45, 7) is 6.61. The van der Waals surface area contributed by atoms with Crippen LogP contribution in [0.5, 0.6) is 0 Å². The summed E-state index contributed by atoms with van der Waals surface area (Å²) in [5.41, 5.74) is -3.05. The Hall–Kier alpha value is -2.10. The monoisotopic (exact) mass is 404 g/mol. The van der Waals surface area contributed by atoms with Crippen molar-refractivity contribution in [3.05, 3.63) is 16.1 Å². The van der Waals surface area contributed by atoms with Crippen LogP contribution in [0.15, 0.2) is 10.5 Å². The van der Waals surface area contributed by atoms with E-state index >= 15 is 0 Å². The molecule has 0 aromatic carbocycles. The van der Waals surface area contributed by atoms with Gasteiger partial charge in [0, 0.05) is 31.1 Å². The Balaban J connectivity index is 2.33. The minimum absolute atomic E-state index is 0.0745. The number of esters is 1. The number of aromatic nitrogens is 1. The average molecular weight is 404 g/mol. The first-order chi connectivity index (χ1) is 12.3. The van der Waals surface area contributed by atoms with E-state index < -0.39 is 47.6 Å². The van der Waals surface area contributed by atoms with E-state index in [2.05, 4.69) is 10.1 Å². The average Bonchev–Trinajstić information content (AvgIpc) is 2.93. The molecular formula is C17H22F2N2O5S. The van der Waals surface area contributed by atoms with Gasteiger partial charge in [0.1, 0.15) is 11.3 Å². The molecule has 0 saturated heterocycles. The number of oxime groups is 1. The topological polar surface area (TPSA) is 98.1 Å². The number of hydrogen-bond acceptors (Lipinski definition) is 7. The maximum atomic E-state index is 13.6. The van der Waals surface area contributed by atoms with Gasteiger partial charge in [-0.15, -0.1) is 11.3 Å². The van der Waals surface area contributed by atoms with Crippen LogP contribution >= 0.6 is 11.3 Å². The molecule has 150 valence electrons. The highest BCUT2D eigenvalue weighted by atomic mass is 32.1. The van der Waals surface area contributed by atoms with Gasteiger partial charge in [0.2, 0.25) is 17.2 Å². The van der Waals surface area contributed by atoms with Crippen LogP contribution in [0.2, 0.25) is 0 Å². The van der Waals surface area contributed by atoms with Crippen LogP contribution in [0.3, 0.4) is 0 Å². The van der Waals surface area contributed by atoms with E-state index in [9.17, 15) is 23.5 Å². The molecule has 1 fully saturated rings. The summed E-state index contributed by atoms with van der Waals surface area (Å²) in [7, 11) is 0. The first kappa shape index (κ1) is 21.2. The number of aliphatic carboxylic acids is 1. The highest BCUT2D eigenvalue weighted by Gasteiger charge is 2.52. The lowest BCUT2D eigenvalue weighted by Crippen LogP contribution is -2.49. The fraction of sp³-hybridized carbons (Fsp3) is 0.647. The molecule has 0 spiro atoms. The Bertz CT molecular complexity index is 745. The van der Waals surface area contributed by atoms with E-state index in [1.807, 2.05) is 0 Å². The van der Waals surface area contributed by atoms with Crippen molar-refractivity contribution in [2.75, 3.05) is 0 Å². The van der Waals surface area contributed by atoms with Crippen LogP contribution in [-0.4, -0.2) is 44.9 Å². The van der Waals surface area contributed by atoms with Crippen molar-refractivity contribution in [2.24, 2.45) is 5.16 Å². The molecule has 0 bridgehead atoms. The molecule has 1 N–H and O–H groups in total. The number of alkyl halides is 2. The van der Waals surface area contributed by atoms with Crippen LogP contribution in [0, 0.1) is 6.92 Å². The number of carbonyl (C=O) groups is 2. The normalized spacial score (nSPS) is 19.4. The summed E-state index contributed by atoms with van der Waals surface area (Å²) < 4.78 is 32.5. The van der Waals surface area contributed by atoms with Gasteiger partial charge in [0.05, 0.1) is 5.01 Å². The van der Waals surface area contributed by atoms with Gasteiger partial charge < -0.3 is 14.7 Å². The zero-order chi connectivity index (χ0) is 20.5. The highest BCUT2D eigenvalue weighted by molar-refractivity contribution is 7.09. The summed E-state index contributed by atoms with van der Waals surface area (Å²) in [5, 5.41) is 15.1. The second-order valence-electron chi connectivity index (χ2n) is 7.44. The smallest absolute Gasteiger partial charge is 0.360 e. The third kappa shape index (κ3) is 5.44. The van der Waals surface area contributed by atoms with Crippen LogP contribution < -0.4 is 0 Å². The highest BCUT2D eigenvalue weighted by Crippen LogP contribution is 2.42. The zero-order valence-corrected chi connectivity index (χ0v) is 16.4. The summed E-state index contributed by atoms with van der Waals surface area (Å²) in [6, 6.07) is 0. The molecule has 1 aromatic heterocycles. The summed E-state index contributed by atoms with van der Waals surface area (Å²) in [4.78, 5) is 33.5. The van der Waals surface area contributed by atoms with Crippen molar-refractivity contribution in [3.63, 3.8) is 0 Å². The number of carboxylic acids is 1. The van der Waals surface area contributed by atoms with Crippen molar-refractivity contribution in [1.29, 1.82) is 0 Å². The lowest BCUT2D eigenvalue weighted by molar-refractivity contribution is -0.197. The molecule has 1 aliphatic rings. The summed E-state index contributed by atoms with van der Waals surface area (Å²) in [6.07, 6.45) is -1.83. The van der Waals surface area contributed by atoms with Gasteiger partial charge in [-0.25, -0.2) is 23.4 Å². The van der Waals surface area contributed by atoms with Crippen molar-refractivity contribution in [3.8, 4) is 0 Å². The number of carbonyl (C=O) groups excluding carboxylic acids is 1. The lowest BCUT2D eigenvalue weighted by atomic mass is 9.82. The Kier molecular flexibility index (Phi) is 5.88. The standard InChI is InChI=1S/C17H22F2N2O5S/c1-10-20-11(9-27-10)12(13(22)23)21-26-16(14(24)25-15(2,3)4)5-7-17(18,19)8-6-16/h9H,5-8H2,1-4H3,(H,22,23)/b21-12-. The minimum Gasteiger partial charge on any atom is -0.476 e. The molecule has 1 heterocycles. The van der Waals surface area contributed by atoms with Gasteiger partial charge in [-0.2, -0.15) is 0 Å². The zero-order valence-electron chi connectivity index (χ0n) is 15.5. The predicted molar refractivity (Wildman–Crippen MR) is 94.1 cm³/mol. The molecule has 10 heteroatoms. The Morgan fingerprint density at radius 2 is 1.85 bits per heavy atom. The molecule has 1 aliphatic carbocycles. The number of thiazole rings is 1. The predicted octanol–water partition coefficient (Wildman–Crippen LogP) is 3.55. The van der Waals surface area contributed by atoms with Gasteiger partial charge in [-0.1, -0.05) is 5.16 Å². The largest absolute Gasteiger partial charge is 0.476 e. The molecular weight excluding hydrogens is 382 g/mol. The van der Waals surface area contributed by atoms with Crippen LogP contribution in [0.25, 0.3) is 0 Å². The number of hydrogen-bond donors (Lipinski definition) is 1. The number of ether oxygens (including phenoxy) is 1. The molecule has 1 aromatic rings. The molecule has 27 heavy (non-hydrogen) atoms. The van der Waals surface area contributed by atoms with Crippen molar-refractivity contribution in [1.82, 2.24) is 4.98 Å². The Morgan fingerprint density at radius 3 is 2.30 bits per heavy atom. The van der Waals surface area contributed by atoms with Crippen molar-refractivity contribution in [2.45, 2.75) is 70.5 Å². The second-order valence-corrected chi connectivity index (χ2v) is 8.50. The number of halogens is 2. The van der Waals surface area contributed by atoms with Gasteiger partial charge in [-0.3, -0.25) is 0 Å². The van der Waals surface area contributed by atoms with E-state index in [1.165, 1.54) is 16.7 Å². The fourth-order valence-corrected chi connectivity index (χ4v) is 3.12. The quantitative estimate of drug-likeness (QED) is 0.458. The number of rotatable bonds is 5. The number of carboxylic acid groups (broad SMARTS) is 1. The Morgan fingerprint density at radius 1 is 1.26 bits per heavy atom. The summed E-state index contributed by atoms with van der Waals surface area (Å²) >= 11 is 1.22. The molecule has 0 aliphatic heterocycles. The van der Waals surface area contributed by atoms with E-state index in [0.29, 0.717) is 5.01 Å². The molecule has 0 amide bonds. The molecule has 2 rings (SSSR count).